The molecule has 0 aliphatic carbocycles. The molecular weight excluding hydrogens is 364 g/mol. The summed E-state index contributed by atoms with van der Waals surface area (Å²) in [7, 11) is 0. The quantitative estimate of drug-likeness (QED) is 0.342. The van der Waals surface area contributed by atoms with Crippen LogP contribution in [0.15, 0.2) is 79.1 Å². The van der Waals surface area contributed by atoms with E-state index in [4.69, 9.17) is 10.2 Å². The molecule has 2 aromatic heterocycles. The zero-order chi connectivity index (χ0) is 20.6. The number of benzene rings is 2. The van der Waals surface area contributed by atoms with E-state index in [-0.39, 0.29) is 0 Å². The average Bonchev–Trinajstić information content (AvgIpc) is 3.27. The molecule has 0 unspecified atom stereocenters. The highest BCUT2D eigenvalue weighted by Crippen LogP contribution is 2.33. The first-order chi connectivity index (χ1) is 14.3. The van der Waals surface area contributed by atoms with E-state index in [0.29, 0.717) is 11.3 Å². The van der Waals surface area contributed by atoms with Gasteiger partial charge >= 0.3 is 0 Å². The highest BCUT2D eigenvalue weighted by atomic mass is 16.5. The summed E-state index contributed by atoms with van der Waals surface area (Å²) in [5.41, 5.74) is 6.22. The van der Waals surface area contributed by atoms with E-state index in [1.54, 1.807) is 36.1 Å². The summed E-state index contributed by atoms with van der Waals surface area (Å²) in [6.07, 6.45) is 3.44. The zero-order valence-corrected chi connectivity index (χ0v) is 16.3. The van der Waals surface area contributed by atoms with Gasteiger partial charge in [-0.05, 0) is 24.3 Å². The number of carbonyl (C=O) groups is 1. The van der Waals surface area contributed by atoms with Crippen molar-refractivity contribution in [3.05, 3.63) is 84.7 Å². The second-order valence-corrected chi connectivity index (χ2v) is 5.93. The monoisotopic (exact) mass is 386 g/mol. The number of pyridine rings is 1. The number of rotatable bonds is 4. The molecule has 6 heteroatoms. The fraction of sp³-hybridized carbons (Fsp3) is 0.0870. The van der Waals surface area contributed by atoms with Crippen molar-refractivity contribution in [1.29, 1.82) is 0 Å². The summed E-state index contributed by atoms with van der Waals surface area (Å²) in [4.78, 5) is 24.0. The van der Waals surface area contributed by atoms with Crippen molar-refractivity contribution >= 4 is 5.91 Å². The highest BCUT2D eigenvalue weighted by molar-refractivity contribution is 5.95. The van der Waals surface area contributed by atoms with E-state index < -0.39 is 5.91 Å². The smallest absolute Gasteiger partial charge is 0.274 e. The Morgan fingerprint density at radius 2 is 1.59 bits per heavy atom. The number of H-pyrrole nitrogens is 1. The van der Waals surface area contributed by atoms with Gasteiger partial charge in [0.1, 0.15) is 5.82 Å². The van der Waals surface area contributed by atoms with Crippen molar-refractivity contribution in [3.8, 4) is 33.9 Å². The van der Waals surface area contributed by atoms with Crippen molar-refractivity contribution in [2.24, 2.45) is 0 Å². The van der Waals surface area contributed by atoms with Crippen LogP contribution in [0.5, 0.6) is 0 Å². The van der Waals surface area contributed by atoms with E-state index in [1.807, 2.05) is 62.4 Å². The molecule has 4 aromatic rings. The Morgan fingerprint density at radius 3 is 2.28 bits per heavy atom. The van der Waals surface area contributed by atoms with Gasteiger partial charge in [-0.15, -0.1) is 0 Å². The highest BCUT2D eigenvalue weighted by Gasteiger charge is 2.16. The molecule has 0 saturated heterocycles. The van der Waals surface area contributed by atoms with Crippen molar-refractivity contribution in [2.45, 2.75) is 13.8 Å². The Kier molecular flexibility index (Phi) is 6.50. The first kappa shape index (κ1) is 20.0. The second kappa shape index (κ2) is 9.43. The Morgan fingerprint density at radius 1 is 0.897 bits per heavy atom. The van der Waals surface area contributed by atoms with Crippen molar-refractivity contribution in [3.63, 3.8) is 0 Å². The standard InChI is InChI=1S/C21H16N4O2.C2H6/c26-21(25-27)17-8-4-7-16(13-17)19-18(14-9-11-22-12-10-14)23-20(24-19)15-5-2-1-3-6-15;1-2/h1-13,27H,(H,23,24)(H,25,26);1-2H3. The summed E-state index contributed by atoms with van der Waals surface area (Å²) < 4.78 is 0. The number of amides is 1. The lowest BCUT2D eigenvalue weighted by molar-refractivity contribution is 0.0706. The summed E-state index contributed by atoms with van der Waals surface area (Å²) >= 11 is 0. The van der Waals surface area contributed by atoms with Gasteiger partial charge in [0.25, 0.3) is 5.91 Å². The number of aromatic nitrogens is 3. The number of aromatic amines is 1. The fourth-order valence-corrected chi connectivity index (χ4v) is 2.91. The molecule has 2 heterocycles. The van der Waals surface area contributed by atoms with Crippen LogP contribution in [0.25, 0.3) is 33.9 Å². The maximum absolute atomic E-state index is 11.8. The first-order valence-corrected chi connectivity index (χ1v) is 9.37. The van der Waals surface area contributed by atoms with Crippen molar-refractivity contribution < 1.29 is 10.0 Å². The van der Waals surface area contributed by atoms with Crippen molar-refractivity contribution in [2.75, 3.05) is 0 Å². The van der Waals surface area contributed by atoms with Crippen LogP contribution in [0.4, 0.5) is 0 Å². The maximum atomic E-state index is 11.8. The third-order valence-electron chi connectivity index (χ3n) is 4.22. The fourth-order valence-electron chi connectivity index (χ4n) is 2.91. The molecule has 1 amide bonds. The molecule has 29 heavy (non-hydrogen) atoms. The topological polar surface area (TPSA) is 90.9 Å². The molecule has 3 N–H and O–H groups in total. The molecule has 0 bridgehead atoms. The minimum atomic E-state index is -0.568. The molecule has 146 valence electrons. The molecule has 2 aromatic carbocycles. The Hall–Kier alpha value is -3.77. The van der Waals surface area contributed by atoms with E-state index in [2.05, 4.69) is 9.97 Å². The van der Waals surface area contributed by atoms with E-state index in [0.717, 1.165) is 28.2 Å². The third-order valence-corrected chi connectivity index (χ3v) is 4.22. The molecule has 0 atom stereocenters. The largest absolute Gasteiger partial charge is 0.337 e. The third kappa shape index (κ3) is 4.39. The number of hydrogen-bond acceptors (Lipinski definition) is 4. The number of nitrogens with one attached hydrogen (secondary N) is 2. The number of hydroxylamine groups is 1. The van der Waals surface area contributed by atoms with Crippen molar-refractivity contribution in [1.82, 2.24) is 20.4 Å². The van der Waals surface area contributed by atoms with Gasteiger partial charge in [0, 0.05) is 34.6 Å². The molecule has 0 saturated carbocycles. The second-order valence-electron chi connectivity index (χ2n) is 5.93. The van der Waals surface area contributed by atoms with E-state index >= 15 is 0 Å². The van der Waals surface area contributed by atoms with Gasteiger partial charge in [0.15, 0.2) is 0 Å². The molecule has 0 spiro atoms. The number of nitrogens with zero attached hydrogens (tertiary/aromatic N) is 2. The van der Waals surface area contributed by atoms with Crippen LogP contribution in [0.1, 0.15) is 24.2 Å². The number of hydrogen-bond donors (Lipinski definition) is 3. The minimum absolute atomic E-state index is 0.347. The molecule has 0 aliphatic rings. The van der Waals surface area contributed by atoms with Gasteiger partial charge in [-0.2, -0.15) is 0 Å². The molecular formula is C23H22N4O2. The lowest BCUT2D eigenvalue weighted by Crippen LogP contribution is -2.18. The minimum Gasteiger partial charge on any atom is -0.337 e. The van der Waals surface area contributed by atoms with Gasteiger partial charge < -0.3 is 4.98 Å². The van der Waals surface area contributed by atoms with Gasteiger partial charge in [0.05, 0.1) is 11.4 Å². The number of imidazole rings is 1. The van der Waals surface area contributed by atoms with Crippen LogP contribution in [0.2, 0.25) is 0 Å². The molecule has 6 nitrogen and oxygen atoms in total. The Bertz CT molecular complexity index is 1080. The summed E-state index contributed by atoms with van der Waals surface area (Å²) in [6.45, 7) is 4.00. The molecule has 0 fully saturated rings. The lowest BCUT2D eigenvalue weighted by atomic mass is 10.0. The SMILES string of the molecule is CC.O=C(NO)c1cccc(-c2nc(-c3ccccc3)[nH]c2-c2ccncc2)c1. The first-order valence-electron chi connectivity index (χ1n) is 9.37. The average molecular weight is 386 g/mol. The molecule has 0 aliphatic heterocycles. The van der Waals surface area contributed by atoms with Crippen LogP contribution >= 0.6 is 0 Å². The van der Waals surface area contributed by atoms with Crippen LogP contribution in [0.3, 0.4) is 0 Å². The van der Waals surface area contributed by atoms with E-state index in [9.17, 15) is 4.79 Å². The van der Waals surface area contributed by atoms with E-state index in [1.165, 1.54) is 0 Å². The normalized spacial score (nSPS) is 10.0. The molecule has 0 radical (unpaired) electrons. The van der Waals surface area contributed by atoms with Crippen LogP contribution in [0, 0.1) is 0 Å². The van der Waals surface area contributed by atoms with Crippen LogP contribution < -0.4 is 5.48 Å². The zero-order valence-electron chi connectivity index (χ0n) is 16.3. The molecule has 4 rings (SSSR count). The Balaban J connectivity index is 0.00000117. The van der Waals surface area contributed by atoms with Gasteiger partial charge in [-0.3, -0.25) is 15.0 Å². The Labute approximate surface area is 169 Å². The van der Waals surface area contributed by atoms with Gasteiger partial charge in [-0.25, -0.2) is 10.5 Å². The van der Waals surface area contributed by atoms with Gasteiger partial charge in [-0.1, -0.05) is 56.3 Å². The summed E-state index contributed by atoms with van der Waals surface area (Å²) in [5.74, 6) is 0.163. The predicted molar refractivity (Wildman–Crippen MR) is 113 cm³/mol. The van der Waals surface area contributed by atoms with Crippen LogP contribution in [-0.4, -0.2) is 26.1 Å². The summed E-state index contributed by atoms with van der Waals surface area (Å²) in [5, 5.41) is 8.91. The summed E-state index contributed by atoms with van der Waals surface area (Å²) in [6, 6.07) is 20.6. The lowest BCUT2D eigenvalue weighted by Gasteiger charge is -2.05. The number of carbonyl (C=O) groups excluding carboxylic acids is 1. The maximum Gasteiger partial charge on any atom is 0.274 e. The van der Waals surface area contributed by atoms with Gasteiger partial charge in [0.2, 0.25) is 0 Å². The van der Waals surface area contributed by atoms with Crippen LogP contribution in [-0.2, 0) is 0 Å². The predicted octanol–water partition coefficient (Wildman–Crippen LogP) is 4.95.